The molecule has 0 amide bonds. The maximum Gasteiger partial charge on any atom is 0.335 e. The van der Waals surface area contributed by atoms with Gasteiger partial charge in [0, 0.05) is 18.2 Å². The van der Waals surface area contributed by atoms with Gasteiger partial charge >= 0.3 is 5.97 Å². The van der Waals surface area contributed by atoms with E-state index in [-0.39, 0.29) is 17.1 Å². The third-order valence-corrected chi connectivity index (χ3v) is 4.48. The number of hydrogen-bond acceptors (Lipinski definition) is 4. The van der Waals surface area contributed by atoms with Gasteiger partial charge < -0.3 is 9.84 Å². The van der Waals surface area contributed by atoms with E-state index in [0.29, 0.717) is 6.61 Å². The Balaban J connectivity index is 3.16. The molecule has 1 aromatic carbocycles. The molecule has 0 aliphatic rings. The van der Waals surface area contributed by atoms with Gasteiger partial charge in [-0.2, -0.15) is 0 Å². The number of benzene rings is 1. The van der Waals surface area contributed by atoms with Gasteiger partial charge in [0.05, 0.1) is 17.1 Å². The fourth-order valence-corrected chi connectivity index (χ4v) is 3.22. The predicted octanol–water partition coefficient (Wildman–Crippen LogP) is 1.54. The zero-order chi connectivity index (χ0) is 16.2. The quantitative estimate of drug-likeness (QED) is 0.795. The fourth-order valence-electron chi connectivity index (χ4n) is 1.71. The molecule has 0 aliphatic heterocycles. The Bertz CT molecular complexity index is 630. The summed E-state index contributed by atoms with van der Waals surface area (Å²) in [5, 5.41) is 8.89. The molecule has 0 saturated carbocycles. The van der Waals surface area contributed by atoms with E-state index in [4.69, 9.17) is 9.84 Å². The Kier molecular flexibility index (Phi) is 5.82. The number of carbonyl (C=O) groups is 1. The second kappa shape index (κ2) is 6.97. The molecule has 1 unspecified atom stereocenters. The molecular formula is C13H18FNO5S. The van der Waals surface area contributed by atoms with Crippen molar-refractivity contribution >= 4 is 16.0 Å². The van der Waals surface area contributed by atoms with Crippen LogP contribution in [0.25, 0.3) is 0 Å². The second-order valence-electron chi connectivity index (χ2n) is 4.57. The van der Waals surface area contributed by atoms with Crippen molar-refractivity contribution in [3.63, 3.8) is 0 Å². The summed E-state index contributed by atoms with van der Waals surface area (Å²) in [7, 11) is -4.03. The number of carboxylic acids is 1. The summed E-state index contributed by atoms with van der Waals surface area (Å²) in [6.45, 7) is 5.25. The average molecular weight is 319 g/mol. The minimum atomic E-state index is -4.03. The Morgan fingerprint density at radius 2 is 2.10 bits per heavy atom. The fraction of sp³-hybridized carbons (Fsp3) is 0.462. The van der Waals surface area contributed by atoms with E-state index < -0.39 is 33.4 Å². The molecule has 1 aromatic rings. The summed E-state index contributed by atoms with van der Waals surface area (Å²) < 4.78 is 45.6. The highest BCUT2D eigenvalue weighted by Crippen LogP contribution is 2.21. The molecule has 0 aromatic heterocycles. The number of rotatable bonds is 7. The molecule has 118 valence electrons. The van der Waals surface area contributed by atoms with Gasteiger partial charge in [0.1, 0.15) is 5.82 Å². The van der Waals surface area contributed by atoms with Crippen LogP contribution in [0, 0.1) is 12.7 Å². The molecule has 0 saturated heterocycles. The number of ether oxygens (including phenoxy) is 1. The Morgan fingerprint density at radius 3 is 2.62 bits per heavy atom. The van der Waals surface area contributed by atoms with Gasteiger partial charge in [-0.15, -0.1) is 0 Å². The molecule has 1 atom stereocenters. The highest BCUT2D eigenvalue weighted by Gasteiger charge is 2.23. The van der Waals surface area contributed by atoms with E-state index >= 15 is 0 Å². The molecule has 0 fully saturated rings. The monoisotopic (exact) mass is 319 g/mol. The normalized spacial score (nSPS) is 13.1. The van der Waals surface area contributed by atoms with Crippen molar-refractivity contribution in [1.29, 1.82) is 0 Å². The largest absolute Gasteiger partial charge is 0.478 e. The average Bonchev–Trinajstić information content (AvgIpc) is 2.38. The summed E-state index contributed by atoms with van der Waals surface area (Å²) in [5.41, 5.74) is -0.549. The molecule has 1 rings (SSSR count). The van der Waals surface area contributed by atoms with Crippen LogP contribution in [-0.4, -0.2) is 38.7 Å². The minimum Gasteiger partial charge on any atom is -0.478 e. The van der Waals surface area contributed by atoms with Crippen molar-refractivity contribution in [2.45, 2.75) is 31.7 Å². The lowest BCUT2D eigenvalue weighted by Crippen LogP contribution is -2.36. The third-order valence-electron chi connectivity index (χ3n) is 2.76. The Morgan fingerprint density at radius 1 is 1.48 bits per heavy atom. The molecule has 0 radical (unpaired) electrons. The number of aromatic carboxylic acids is 1. The van der Waals surface area contributed by atoms with Crippen LogP contribution in [0.1, 0.15) is 29.8 Å². The first kappa shape index (κ1) is 17.5. The smallest absolute Gasteiger partial charge is 0.335 e. The van der Waals surface area contributed by atoms with Crippen molar-refractivity contribution in [1.82, 2.24) is 4.72 Å². The van der Waals surface area contributed by atoms with Crippen molar-refractivity contribution in [2.24, 2.45) is 0 Å². The first-order valence-electron chi connectivity index (χ1n) is 6.32. The van der Waals surface area contributed by atoms with Crippen molar-refractivity contribution in [3.8, 4) is 0 Å². The molecule has 6 nitrogen and oxygen atoms in total. The van der Waals surface area contributed by atoms with E-state index in [2.05, 4.69) is 4.72 Å². The highest BCUT2D eigenvalue weighted by molar-refractivity contribution is 7.89. The van der Waals surface area contributed by atoms with Gasteiger partial charge in [0.15, 0.2) is 0 Å². The molecule has 0 heterocycles. The summed E-state index contributed by atoms with van der Waals surface area (Å²) >= 11 is 0. The van der Waals surface area contributed by atoms with Gasteiger partial charge in [0.2, 0.25) is 10.0 Å². The van der Waals surface area contributed by atoms with Gasteiger partial charge in [-0.1, -0.05) is 0 Å². The summed E-state index contributed by atoms with van der Waals surface area (Å²) in [6.07, 6.45) is 0. The van der Waals surface area contributed by atoms with E-state index in [0.717, 1.165) is 12.1 Å². The Labute approximate surface area is 123 Å². The zero-order valence-electron chi connectivity index (χ0n) is 12.0. The number of hydrogen-bond donors (Lipinski definition) is 2. The van der Waals surface area contributed by atoms with E-state index in [1.807, 2.05) is 0 Å². The van der Waals surface area contributed by atoms with Crippen LogP contribution in [0.4, 0.5) is 4.39 Å². The maximum atomic E-state index is 13.7. The number of nitrogens with one attached hydrogen (secondary N) is 1. The lowest BCUT2D eigenvalue weighted by atomic mass is 10.1. The van der Waals surface area contributed by atoms with Crippen LogP contribution in [0.5, 0.6) is 0 Å². The molecule has 0 bridgehead atoms. The lowest BCUT2D eigenvalue weighted by molar-refractivity contribution is 0.0696. The van der Waals surface area contributed by atoms with E-state index in [1.54, 1.807) is 13.8 Å². The summed E-state index contributed by atoms with van der Waals surface area (Å²) in [5.74, 6) is -2.28. The van der Waals surface area contributed by atoms with Crippen LogP contribution in [0.2, 0.25) is 0 Å². The van der Waals surface area contributed by atoms with Crippen LogP contribution < -0.4 is 4.72 Å². The molecule has 0 spiro atoms. The first-order chi connectivity index (χ1) is 9.69. The summed E-state index contributed by atoms with van der Waals surface area (Å²) in [6, 6.07) is 1.21. The van der Waals surface area contributed by atoms with E-state index in [9.17, 15) is 17.6 Å². The van der Waals surface area contributed by atoms with Crippen LogP contribution in [0.15, 0.2) is 17.0 Å². The van der Waals surface area contributed by atoms with Gasteiger partial charge in [0.25, 0.3) is 0 Å². The lowest BCUT2D eigenvalue weighted by Gasteiger charge is -2.16. The van der Waals surface area contributed by atoms with Gasteiger partial charge in [-0.3, -0.25) is 0 Å². The van der Waals surface area contributed by atoms with Crippen LogP contribution in [-0.2, 0) is 14.8 Å². The standard InChI is InChI=1S/C13H18FNO5S/c1-4-20-7-8(2)15-21(18,19)12-6-10(13(16)17)5-11(14)9(12)3/h5-6,8,15H,4,7H2,1-3H3,(H,16,17). The molecule has 2 N–H and O–H groups in total. The minimum absolute atomic E-state index is 0.129. The zero-order valence-corrected chi connectivity index (χ0v) is 12.8. The SMILES string of the molecule is CCOCC(C)NS(=O)(=O)c1cc(C(=O)O)cc(F)c1C. The van der Waals surface area contributed by atoms with Gasteiger partial charge in [-0.05, 0) is 32.9 Å². The van der Waals surface area contributed by atoms with Crippen LogP contribution in [0.3, 0.4) is 0 Å². The second-order valence-corrected chi connectivity index (χ2v) is 6.25. The van der Waals surface area contributed by atoms with E-state index in [1.165, 1.54) is 6.92 Å². The predicted molar refractivity (Wildman–Crippen MR) is 74.4 cm³/mol. The van der Waals surface area contributed by atoms with Crippen molar-refractivity contribution < 1.29 is 27.4 Å². The maximum absolute atomic E-state index is 13.7. The first-order valence-corrected chi connectivity index (χ1v) is 7.80. The van der Waals surface area contributed by atoms with Gasteiger partial charge in [-0.25, -0.2) is 22.3 Å². The molecular weight excluding hydrogens is 301 g/mol. The number of carboxylic acid groups (broad SMARTS) is 1. The molecule has 21 heavy (non-hydrogen) atoms. The van der Waals surface area contributed by atoms with Crippen LogP contribution >= 0.6 is 0 Å². The molecule has 8 heteroatoms. The third kappa shape index (κ3) is 4.48. The molecule has 0 aliphatic carbocycles. The number of sulfonamides is 1. The Hall–Kier alpha value is -1.51. The summed E-state index contributed by atoms with van der Waals surface area (Å²) in [4.78, 5) is 10.5. The highest BCUT2D eigenvalue weighted by atomic mass is 32.2. The van der Waals surface area contributed by atoms with Crippen molar-refractivity contribution in [3.05, 3.63) is 29.1 Å². The van der Waals surface area contributed by atoms with Crippen molar-refractivity contribution in [2.75, 3.05) is 13.2 Å². The topological polar surface area (TPSA) is 92.7 Å². The number of halogens is 1.